The van der Waals surface area contributed by atoms with E-state index < -0.39 is 0 Å². The number of methoxy groups -OCH3 is 2. The predicted molar refractivity (Wildman–Crippen MR) is 116 cm³/mol. The molecule has 0 amide bonds. The van der Waals surface area contributed by atoms with Crippen molar-refractivity contribution in [1.82, 2.24) is 9.97 Å². The molecule has 0 atom stereocenters. The summed E-state index contributed by atoms with van der Waals surface area (Å²) in [5, 5.41) is 7.66. The zero-order valence-corrected chi connectivity index (χ0v) is 16.3. The summed E-state index contributed by atoms with van der Waals surface area (Å²) in [6.07, 6.45) is 0. The van der Waals surface area contributed by atoms with E-state index in [1.54, 1.807) is 14.2 Å². The Labute approximate surface area is 169 Å². The number of rotatable bonds is 7. The quantitative estimate of drug-likeness (QED) is 0.466. The van der Waals surface area contributed by atoms with Gasteiger partial charge in [-0.05, 0) is 42.0 Å². The first-order chi connectivity index (χ1) is 14.3. The van der Waals surface area contributed by atoms with E-state index in [9.17, 15) is 0 Å². The fourth-order valence-corrected chi connectivity index (χ4v) is 3.06. The monoisotopic (exact) mass is 386 g/mol. The molecule has 0 aliphatic carbocycles. The third kappa shape index (κ3) is 4.21. The van der Waals surface area contributed by atoms with E-state index in [1.807, 2.05) is 72.8 Å². The van der Waals surface area contributed by atoms with Crippen molar-refractivity contribution in [1.29, 1.82) is 0 Å². The number of anilines is 3. The number of fused-ring (bicyclic) bond motifs is 1. The number of benzene rings is 3. The lowest BCUT2D eigenvalue weighted by Gasteiger charge is -2.13. The molecule has 146 valence electrons. The van der Waals surface area contributed by atoms with Crippen LogP contribution in [0.3, 0.4) is 0 Å². The molecule has 4 rings (SSSR count). The van der Waals surface area contributed by atoms with Crippen molar-refractivity contribution >= 4 is 28.4 Å². The number of aromatic nitrogens is 2. The van der Waals surface area contributed by atoms with E-state index in [4.69, 9.17) is 14.5 Å². The number of ether oxygens (including phenoxy) is 2. The summed E-state index contributed by atoms with van der Waals surface area (Å²) in [6.45, 7) is 0.638. The van der Waals surface area contributed by atoms with Gasteiger partial charge in [0.1, 0.15) is 17.3 Å². The van der Waals surface area contributed by atoms with Gasteiger partial charge in [-0.15, -0.1) is 0 Å². The van der Waals surface area contributed by atoms with Gasteiger partial charge in [0, 0.05) is 11.9 Å². The van der Waals surface area contributed by atoms with E-state index in [0.717, 1.165) is 39.5 Å². The number of hydrogen-bond acceptors (Lipinski definition) is 6. The van der Waals surface area contributed by atoms with Gasteiger partial charge in [0.05, 0.1) is 25.4 Å². The Morgan fingerprint density at radius 2 is 1.55 bits per heavy atom. The third-order valence-electron chi connectivity index (χ3n) is 4.58. The lowest BCUT2D eigenvalue weighted by atomic mass is 10.2. The minimum atomic E-state index is 0.505. The number of nitrogens with one attached hydrogen (secondary N) is 2. The van der Waals surface area contributed by atoms with Gasteiger partial charge in [0.2, 0.25) is 5.95 Å². The van der Waals surface area contributed by atoms with E-state index >= 15 is 0 Å². The second-order valence-electron chi connectivity index (χ2n) is 6.44. The van der Waals surface area contributed by atoms with Gasteiger partial charge in [-0.25, -0.2) is 4.98 Å². The summed E-state index contributed by atoms with van der Waals surface area (Å²) in [6, 6.07) is 23.6. The highest BCUT2D eigenvalue weighted by Gasteiger charge is 2.10. The maximum absolute atomic E-state index is 5.42. The van der Waals surface area contributed by atoms with Crippen LogP contribution in [0.5, 0.6) is 11.5 Å². The molecule has 1 aromatic heterocycles. The van der Waals surface area contributed by atoms with Crippen molar-refractivity contribution in [2.45, 2.75) is 6.54 Å². The van der Waals surface area contributed by atoms with E-state index in [-0.39, 0.29) is 0 Å². The molecule has 6 nitrogen and oxygen atoms in total. The Balaban J connectivity index is 1.63. The highest BCUT2D eigenvalue weighted by atomic mass is 16.5. The molecule has 1 heterocycles. The second-order valence-corrected chi connectivity index (χ2v) is 6.44. The standard InChI is InChI=1S/C23H22N4O2/c1-28-17-13-11-16(12-14-17)15-24-22-18-7-3-4-8-19(18)25-23(27-22)26-20-9-5-6-10-21(20)29-2/h3-14H,15H2,1-2H3,(H2,24,25,26,27). The average molecular weight is 386 g/mol. The van der Waals surface area contributed by atoms with Crippen LogP contribution in [0.25, 0.3) is 10.9 Å². The van der Waals surface area contributed by atoms with E-state index in [2.05, 4.69) is 15.6 Å². The number of nitrogens with zero attached hydrogens (tertiary/aromatic N) is 2. The van der Waals surface area contributed by atoms with Crippen LogP contribution in [0.15, 0.2) is 72.8 Å². The largest absolute Gasteiger partial charge is 0.497 e. The Hall–Kier alpha value is -3.80. The highest BCUT2D eigenvalue weighted by Crippen LogP contribution is 2.28. The third-order valence-corrected chi connectivity index (χ3v) is 4.58. The zero-order valence-electron chi connectivity index (χ0n) is 16.3. The molecule has 0 aliphatic rings. The molecular formula is C23H22N4O2. The normalized spacial score (nSPS) is 10.6. The van der Waals surface area contributed by atoms with Gasteiger partial charge in [-0.2, -0.15) is 4.98 Å². The molecule has 6 heteroatoms. The summed E-state index contributed by atoms with van der Waals surface area (Å²) in [7, 11) is 3.31. The summed E-state index contributed by atoms with van der Waals surface area (Å²) >= 11 is 0. The molecule has 2 N–H and O–H groups in total. The first-order valence-corrected chi connectivity index (χ1v) is 9.30. The van der Waals surface area contributed by atoms with Gasteiger partial charge in [-0.1, -0.05) is 36.4 Å². The van der Waals surface area contributed by atoms with Gasteiger partial charge < -0.3 is 20.1 Å². The van der Waals surface area contributed by atoms with Crippen molar-refractivity contribution in [3.05, 3.63) is 78.4 Å². The van der Waals surface area contributed by atoms with Crippen LogP contribution in [-0.4, -0.2) is 24.2 Å². The first kappa shape index (κ1) is 18.6. The van der Waals surface area contributed by atoms with Crippen molar-refractivity contribution in [3.63, 3.8) is 0 Å². The summed E-state index contributed by atoms with van der Waals surface area (Å²) in [4.78, 5) is 9.36. The zero-order chi connectivity index (χ0) is 20.1. The van der Waals surface area contributed by atoms with E-state index in [1.165, 1.54) is 0 Å². The van der Waals surface area contributed by atoms with Crippen LogP contribution in [0, 0.1) is 0 Å². The molecule has 0 unspecified atom stereocenters. The minimum Gasteiger partial charge on any atom is -0.497 e. The lowest BCUT2D eigenvalue weighted by Crippen LogP contribution is -2.06. The Morgan fingerprint density at radius 1 is 0.793 bits per heavy atom. The van der Waals surface area contributed by atoms with Gasteiger partial charge >= 0.3 is 0 Å². The van der Waals surface area contributed by atoms with Gasteiger partial charge in [-0.3, -0.25) is 0 Å². The molecule has 4 aromatic rings. The van der Waals surface area contributed by atoms with Crippen LogP contribution in [0.1, 0.15) is 5.56 Å². The van der Waals surface area contributed by atoms with Crippen molar-refractivity contribution in [2.24, 2.45) is 0 Å². The molecule has 0 aliphatic heterocycles. The molecule has 0 radical (unpaired) electrons. The van der Waals surface area contributed by atoms with Crippen LogP contribution in [0.4, 0.5) is 17.5 Å². The molecule has 29 heavy (non-hydrogen) atoms. The molecule has 0 spiro atoms. The van der Waals surface area contributed by atoms with Crippen LogP contribution in [-0.2, 0) is 6.54 Å². The lowest BCUT2D eigenvalue weighted by molar-refractivity contribution is 0.414. The maximum atomic E-state index is 5.42. The first-order valence-electron chi connectivity index (χ1n) is 9.30. The Bertz CT molecular complexity index is 1110. The SMILES string of the molecule is COc1ccc(CNc2nc(Nc3ccccc3OC)nc3ccccc23)cc1. The Kier molecular flexibility index (Phi) is 5.42. The van der Waals surface area contributed by atoms with Gasteiger partial charge in [0.15, 0.2) is 0 Å². The molecule has 3 aromatic carbocycles. The maximum Gasteiger partial charge on any atom is 0.229 e. The highest BCUT2D eigenvalue weighted by molar-refractivity contribution is 5.90. The van der Waals surface area contributed by atoms with Gasteiger partial charge in [0.25, 0.3) is 0 Å². The summed E-state index contributed by atoms with van der Waals surface area (Å²) in [5.41, 5.74) is 2.80. The summed E-state index contributed by atoms with van der Waals surface area (Å²) in [5.74, 6) is 2.84. The van der Waals surface area contributed by atoms with Crippen LogP contribution in [0.2, 0.25) is 0 Å². The fourth-order valence-electron chi connectivity index (χ4n) is 3.06. The predicted octanol–water partition coefficient (Wildman–Crippen LogP) is 5.00. The average Bonchev–Trinajstić information content (AvgIpc) is 2.78. The molecular weight excluding hydrogens is 364 g/mol. The summed E-state index contributed by atoms with van der Waals surface area (Å²) < 4.78 is 10.6. The number of hydrogen-bond donors (Lipinski definition) is 2. The smallest absolute Gasteiger partial charge is 0.229 e. The fraction of sp³-hybridized carbons (Fsp3) is 0.130. The molecule has 0 bridgehead atoms. The van der Waals surface area contributed by atoms with Crippen molar-refractivity contribution in [2.75, 3.05) is 24.9 Å². The van der Waals surface area contributed by atoms with Crippen LogP contribution >= 0.6 is 0 Å². The second kappa shape index (κ2) is 8.48. The molecule has 0 saturated heterocycles. The van der Waals surface area contributed by atoms with E-state index in [0.29, 0.717) is 12.5 Å². The Morgan fingerprint density at radius 3 is 2.34 bits per heavy atom. The van der Waals surface area contributed by atoms with Crippen molar-refractivity contribution in [3.8, 4) is 11.5 Å². The van der Waals surface area contributed by atoms with Crippen molar-refractivity contribution < 1.29 is 9.47 Å². The number of para-hydroxylation sites is 3. The molecule has 0 saturated carbocycles. The topological polar surface area (TPSA) is 68.3 Å². The minimum absolute atomic E-state index is 0.505. The van der Waals surface area contributed by atoms with Crippen LogP contribution < -0.4 is 20.1 Å². The molecule has 0 fully saturated rings.